The van der Waals surface area contributed by atoms with Gasteiger partial charge in [0, 0.05) is 23.2 Å². The van der Waals surface area contributed by atoms with Crippen LogP contribution in [0.25, 0.3) is 0 Å². The van der Waals surface area contributed by atoms with Gasteiger partial charge in [-0.3, -0.25) is 9.59 Å². The van der Waals surface area contributed by atoms with Crippen LogP contribution in [0.3, 0.4) is 0 Å². The van der Waals surface area contributed by atoms with Gasteiger partial charge in [-0.1, -0.05) is 40.2 Å². The minimum absolute atomic E-state index is 0.0731. The number of allylic oxidation sites excluding steroid dienone is 4. The Morgan fingerprint density at radius 3 is 2.68 bits per heavy atom. The van der Waals surface area contributed by atoms with Crippen LogP contribution in [0.5, 0.6) is 0 Å². The maximum Gasteiger partial charge on any atom is 0.281 e. The van der Waals surface area contributed by atoms with Crippen molar-refractivity contribution < 1.29 is 33.7 Å². The molecule has 3 saturated carbocycles. The average molecular weight is 477 g/mol. The van der Waals surface area contributed by atoms with Crippen molar-refractivity contribution in [2.45, 2.75) is 90.1 Å². The Balaban J connectivity index is 1.56. The van der Waals surface area contributed by atoms with Crippen LogP contribution in [0.4, 0.5) is 4.39 Å². The van der Waals surface area contributed by atoms with Gasteiger partial charge in [0.1, 0.15) is 18.4 Å². The van der Waals surface area contributed by atoms with Gasteiger partial charge in [-0.2, -0.15) is 0 Å². The van der Waals surface area contributed by atoms with Crippen LogP contribution in [0.1, 0.15) is 66.2 Å². The highest BCUT2D eigenvalue weighted by molar-refractivity contribution is 6.01. The van der Waals surface area contributed by atoms with Gasteiger partial charge in [0.15, 0.2) is 11.6 Å². The molecule has 0 bridgehead atoms. The molecule has 4 aliphatic carbocycles. The van der Waals surface area contributed by atoms with E-state index >= 15 is 4.39 Å². The number of hydrogen-bond acceptors (Lipinski definition) is 6. The van der Waals surface area contributed by atoms with Crippen molar-refractivity contribution in [3.05, 3.63) is 23.8 Å². The van der Waals surface area contributed by atoms with Gasteiger partial charge < -0.3 is 19.7 Å². The number of unbranched alkanes of at least 4 members (excludes halogenated alkanes) is 1. The fourth-order valence-corrected chi connectivity index (χ4v) is 8.61. The topological polar surface area (TPSA) is 93.1 Å². The molecular weight excluding hydrogens is 439 g/mol. The first-order chi connectivity index (χ1) is 15.9. The zero-order valence-corrected chi connectivity index (χ0v) is 20.6. The molecule has 6 nitrogen and oxygen atoms in total. The second kappa shape index (κ2) is 7.79. The quantitative estimate of drug-likeness (QED) is 0.646. The zero-order chi connectivity index (χ0) is 24.7. The molecule has 7 heteroatoms. The summed E-state index contributed by atoms with van der Waals surface area (Å²) in [5.41, 5.74) is -2.37. The highest BCUT2D eigenvalue weighted by atomic mass is 19.1. The molecule has 5 aliphatic rings. The third kappa shape index (κ3) is 3.06. The molecule has 4 fully saturated rings. The molecule has 188 valence electrons. The highest BCUT2D eigenvalue weighted by Gasteiger charge is 2.74. The predicted molar refractivity (Wildman–Crippen MR) is 122 cm³/mol. The number of Topliss-reactive ketones (excluding diaryl/α,β-unsaturated/α-hetero) is 1. The lowest BCUT2D eigenvalue weighted by Crippen LogP contribution is -2.69. The average Bonchev–Trinajstić information content (AvgIpc) is 2.98. The third-order valence-electron chi connectivity index (χ3n) is 10.0. The van der Waals surface area contributed by atoms with Crippen molar-refractivity contribution in [2.75, 3.05) is 6.61 Å². The number of aliphatic hydroxyl groups excluding tert-OH is 1. The van der Waals surface area contributed by atoms with Gasteiger partial charge in [-0.25, -0.2) is 4.39 Å². The second-order valence-electron chi connectivity index (χ2n) is 11.8. The van der Waals surface area contributed by atoms with E-state index in [2.05, 4.69) is 0 Å². The number of ether oxygens (including phenoxy) is 2. The van der Waals surface area contributed by atoms with Crippen molar-refractivity contribution in [1.29, 1.82) is 0 Å². The molecule has 0 radical (unpaired) electrons. The van der Waals surface area contributed by atoms with E-state index in [1.165, 1.54) is 12.2 Å². The Labute approximate surface area is 200 Å². The van der Waals surface area contributed by atoms with Crippen molar-refractivity contribution in [1.82, 2.24) is 0 Å². The largest absolute Gasteiger partial charge is 0.393 e. The summed E-state index contributed by atoms with van der Waals surface area (Å²) in [6, 6.07) is 0. The van der Waals surface area contributed by atoms with Gasteiger partial charge in [0.25, 0.3) is 5.97 Å². The molecule has 2 N–H and O–H groups in total. The van der Waals surface area contributed by atoms with Gasteiger partial charge in [-0.15, -0.1) is 0 Å². The van der Waals surface area contributed by atoms with Gasteiger partial charge in [-0.05, 0) is 61.2 Å². The minimum atomic E-state index is -1.85. The molecule has 34 heavy (non-hydrogen) atoms. The number of alkyl halides is 1. The standard InChI is InChI=1S/C27H37FO6/c1-5-6-8-26(32)33-14-22(31)27(34-26)15(2)10-18-17-12-20(28)19-11-16(29)7-9-24(19,3)23(17)21(30)13-25(18,27)4/h7,9,11,15,17-18,20-21,23,30,32H,5-6,8,10,12-14H2,1-4H3/t15-,17+,18+,20+,21+,23-,24+,25+,26?,27+/m1/s1. The van der Waals surface area contributed by atoms with Crippen LogP contribution in [0.15, 0.2) is 23.8 Å². The normalized spacial score (nSPS) is 52.3. The van der Waals surface area contributed by atoms with Crippen LogP contribution < -0.4 is 0 Å². The van der Waals surface area contributed by atoms with Crippen molar-refractivity contribution in [3.8, 4) is 0 Å². The van der Waals surface area contributed by atoms with E-state index in [9.17, 15) is 19.8 Å². The summed E-state index contributed by atoms with van der Waals surface area (Å²) >= 11 is 0. The first kappa shape index (κ1) is 24.3. The lowest BCUT2D eigenvalue weighted by molar-refractivity contribution is -0.423. The van der Waals surface area contributed by atoms with E-state index in [0.29, 0.717) is 24.8 Å². The van der Waals surface area contributed by atoms with E-state index in [-0.39, 0.29) is 54.7 Å². The number of hydrogen-bond donors (Lipinski definition) is 2. The monoisotopic (exact) mass is 476 g/mol. The van der Waals surface area contributed by atoms with Crippen molar-refractivity contribution in [3.63, 3.8) is 0 Å². The third-order valence-corrected chi connectivity index (χ3v) is 10.0. The molecule has 1 aliphatic heterocycles. The molecule has 0 aromatic heterocycles. The fraction of sp³-hybridized carbons (Fsp3) is 0.778. The number of carbonyl (C=O) groups excluding carboxylic acids is 2. The molecule has 5 rings (SSSR count). The number of fused-ring (bicyclic) bond motifs is 6. The fourth-order valence-electron chi connectivity index (χ4n) is 8.61. The van der Waals surface area contributed by atoms with E-state index in [1.807, 2.05) is 27.7 Å². The van der Waals surface area contributed by atoms with Gasteiger partial charge in [0.05, 0.1) is 6.10 Å². The van der Waals surface area contributed by atoms with E-state index in [4.69, 9.17) is 9.47 Å². The second-order valence-corrected chi connectivity index (χ2v) is 11.8. The molecule has 0 aromatic rings. The lowest BCUT2D eigenvalue weighted by Gasteiger charge is -2.61. The van der Waals surface area contributed by atoms with Crippen molar-refractivity contribution >= 4 is 11.6 Å². The van der Waals surface area contributed by atoms with E-state index < -0.39 is 34.7 Å². The van der Waals surface area contributed by atoms with Crippen LogP contribution in [0.2, 0.25) is 0 Å². The number of halogens is 1. The minimum Gasteiger partial charge on any atom is -0.393 e. The smallest absolute Gasteiger partial charge is 0.281 e. The maximum atomic E-state index is 15.6. The number of ketones is 2. The summed E-state index contributed by atoms with van der Waals surface area (Å²) in [7, 11) is 0. The van der Waals surface area contributed by atoms with Crippen LogP contribution in [-0.4, -0.2) is 52.2 Å². The summed E-state index contributed by atoms with van der Waals surface area (Å²) in [5, 5.41) is 22.8. The first-order valence-corrected chi connectivity index (χ1v) is 12.8. The van der Waals surface area contributed by atoms with E-state index in [1.54, 1.807) is 6.08 Å². The van der Waals surface area contributed by atoms with Gasteiger partial charge >= 0.3 is 0 Å². The molecule has 1 heterocycles. The van der Waals surface area contributed by atoms with E-state index in [0.717, 1.165) is 6.42 Å². The molecular formula is C27H37FO6. The Morgan fingerprint density at radius 1 is 1.24 bits per heavy atom. The summed E-state index contributed by atoms with van der Waals surface area (Å²) in [6.45, 7) is 7.64. The lowest BCUT2D eigenvalue weighted by atomic mass is 9.45. The highest BCUT2D eigenvalue weighted by Crippen LogP contribution is 2.70. The van der Waals surface area contributed by atoms with Crippen LogP contribution in [-0.2, 0) is 19.1 Å². The molecule has 1 unspecified atom stereocenters. The molecule has 0 aromatic carbocycles. The first-order valence-electron chi connectivity index (χ1n) is 12.8. The summed E-state index contributed by atoms with van der Waals surface area (Å²) in [6.07, 6.45) is 5.51. The SMILES string of the molecule is CCCCC1(O)OCC(=O)[C@@]2(O1)[C@H](C)C[C@H]1[C@@H]3C[C@H](F)C4=CC(=O)C=C[C@]4(C)[C@H]3[C@@H](O)C[C@@]12C. The summed E-state index contributed by atoms with van der Waals surface area (Å²) < 4.78 is 27.4. The molecule has 1 spiro atoms. The number of aliphatic hydroxyl groups is 2. The van der Waals surface area contributed by atoms with Crippen LogP contribution in [0, 0.1) is 34.5 Å². The molecule has 0 amide bonds. The van der Waals surface area contributed by atoms with Crippen molar-refractivity contribution in [2.24, 2.45) is 34.5 Å². The molecule has 10 atom stereocenters. The summed E-state index contributed by atoms with van der Waals surface area (Å²) in [5.74, 6) is -3.01. The van der Waals surface area contributed by atoms with Gasteiger partial charge in [0.2, 0.25) is 0 Å². The Bertz CT molecular complexity index is 961. The zero-order valence-electron chi connectivity index (χ0n) is 20.6. The number of carbonyl (C=O) groups is 2. The Morgan fingerprint density at radius 2 is 1.97 bits per heavy atom. The summed E-state index contributed by atoms with van der Waals surface area (Å²) in [4.78, 5) is 25.6. The predicted octanol–water partition coefficient (Wildman–Crippen LogP) is 3.65. The Hall–Kier alpha value is -1.41. The Kier molecular flexibility index (Phi) is 5.57. The van der Waals surface area contributed by atoms with Crippen LogP contribution >= 0.6 is 0 Å². The maximum absolute atomic E-state index is 15.6. The molecule has 1 saturated heterocycles. The number of rotatable bonds is 3.